The quantitative estimate of drug-likeness (QED) is 0.632. The van der Waals surface area contributed by atoms with E-state index in [1.165, 1.54) is 19.2 Å². The average molecular weight is 264 g/mol. The molecule has 0 aliphatic carbocycles. The summed E-state index contributed by atoms with van der Waals surface area (Å²) in [5, 5.41) is 9.77. The van der Waals surface area contributed by atoms with Crippen molar-refractivity contribution in [1.82, 2.24) is 4.90 Å². The molecule has 19 heavy (non-hydrogen) atoms. The summed E-state index contributed by atoms with van der Waals surface area (Å²) in [6.45, 7) is 1.51. The molecular formula is C14H20N2O3. The molecule has 0 bridgehead atoms. The van der Waals surface area contributed by atoms with Gasteiger partial charge in [0.2, 0.25) is 0 Å². The molecule has 0 radical (unpaired) electrons. The van der Waals surface area contributed by atoms with Crippen LogP contribution in [0.5, 0.6) is 11.5 Å². The van der Waals surface area contributed by atoms with Crippen LogP contribution in [0.4, 0.5) is 5.69 Å². The zero-order chi connectivity index (χ0) is 13.8. The number of nitrogens with two attached hydrogens (primary N) is 1. The molecule has 1 aliphatic rings. The summed E-state index contributed by atoms with van der Waals surface area (Å²) in [7, 11) is 1.45. The van der Waals surface area contributed by atoms with Gasteiger partial charge in [-0.2, -0.15) is 0 Å². The number of hydrogen-bond acceptors (Lipinski definition) is 4. The first kappa shape index (κ1) is 13.5. The van der Waals surface area contributed by atoms with Crippen molar-refractivity contribution in [1.29, 1.82) is 0 Å². The zero-order valence-corrected chi connectivity index (χ0v) is 11.2. The van der Waals surface area contributed by atoms with Crippen LogP contribution < -0.4 is 10.5 Å². The molecule has 1 amide bonds. The van der Waals surface area contributed by atoms with Gasteiger partial charge >= 0.3 is 0 Å². The Kier molecular flexibility index (Phi) is 4.14. The molecule has 0 atom stereocenters. The van der Waals surface area contributed by atoms with Crippen LogP contribution in [0.15, 0.2) is 12.1 Å². The Morgan fingerprint density at radius 1 is 1.26 bits per heavy atom. The first-order chi connectivity index (χ1) is 9.13. The van der Waals surface area contributed by atoms with Crippen molar-refractivity contribution in [3.63, 3.8) is 0 Å². The highest BCUT2D eigenvalue weighted by Gasteiger charge is 2.21. The highest BCUT2D eigenvalue weighted by atomic mass is 16.5. The van der Waals surface area contributed by atoms with Crippen molar-refractivity contribution >= 4 is 11.6 Å². The van der Waals surface area contributed by atoms with Crippen molar-refractivity contribution in [2.45, 2.75) is 25.7 Å². The summed E-state index contributed by atoms with van der Waals surface area (Å²) in [6, 6.07) is 2.88. The fraction of sp³-hybridized carbons (Fsp3) is 0.500. The predicted molar refractivity (Wildman–Crippen MR) is 73.4 cm³/mol. The summed E-state index contributed by atoms with van der Waals surface area (Å²) in [5.41, 5.74) is 6.56. The van der Waals surface area contributed by atoms with Crippen LogP contribution in [-0.2, 0) is 0 Å². The Morgan fingerprint density at radius 2 is 1.89 bits per heavy atom. The van der Waals surface area contributed by atoms with E-state index in [1.807, 2.05) is 4.90 Å². The third kappa shape index (κ3) is 2.92. The number of phenolic OH excluding ortho intramolecular Hbond substituents is 1. The first-order valence-corrected chi connectivity index (χ1v) is 6.59. The first-order valence-electron chi connectivity index (χ1n) is 6.59. The lowest BCUT2D eigenvalue weighted by Crippen LogP contribution is -2.32. The van der Waals surface area contributed by atoms with Crippen molar-refractivity contribution in [2.24, 2.45) is 0 Å². The number of anilines is 1. The maximum absolute atomic E-state index is 12.4. The number of amides is 1. The van der Waals surface area contributed by atoms with Crippen LogP contribution in [0.2, 0.25) is 0 Å². The van der Waals surface area contributed by atoms with Gasteiger partial charge in [-0.1, -0.05) is 12.8 Å². The number of nitrogens with zero attached hydrogens (tertiary/aromatic N) is 1. The predicted octanol–water partition coefficient (Wildman–Crippen LogP) is 2.00. The van der Waals surface area contributed by atoms with E-state index >= 15 is 0 Å². The van der Waals surface area contributed by atoms with Gasteiger partial charge in [0, 0.05) is 24.8 Å². The Bertz CT molecular complexity index is 466. The topological polar surface area (TPSA) is 75.8 Å². The molecule has 3 N–H and O–H groups in total. The minimum atomic E-state index is -0.114. The Balaban J connectivity index is 2.25. The van der Waals surface area contributed by atoms with Crippen molar-refractivity contribution in [2.75, 3.05) is 25.9 Å². The third-order valence-corrected chi connectivity index (χ3v) is 3.47. The minimum absolute atomic E-state index is 0.0603. The number of carbonyl (C=O) groups excluding carboxylic acids is 1. The fourth-order valence-electron chi connectivity index (χ4n) is 2.38. The lowest BCUT2D eigenvalue weighted by atomic mass is 10.1. The highest BCUT2D eigenvalue weighted by molar-refractivity contribution is 6.00. The van der Waals surface area contributed by atoms with Crippen molar-refractivity contribution < 1.29 is 14.6 Å². The molecule has 1 aromatic rings. The van der Waals surface area contributed by atoms with E-state index in [4.69, 9.17) is 10.5 Å². The summed E-state index contributed by atoms with van der Waals surface area (Å²) in [5.74, 6) is 0.108. The summed E-state index contributed by atoms with van der Waals surface area (Å²) < 4.78 is 4.97. The number of methoxy groups -OCH3 is 1. The molecule has 0 unspecified atom stereocenters. The van der Waals surface area contributed by atoms with E-state index in [9.17, 15) is 9.90 Å². The normalized spacial score (nSPS) is 15.9. The monoisotopic (exact) mass is 264 g/mol. The Hall–Kier alpha value is -1.91. The van der Waals surface area contributed by atoms with Gasteiger partial charge in [0.25, 0.3) is 5.91 Å². The second-order valence-electron chi connectivity index (χ2n) is 4.82. The Labute approximate surface area is 113 Å². The van der Waals surface area contributed by atoms with Crippen LogP contribution in [0.3, 0.4) is 0 Å². The number of carbonyl (C=O) groups is 1. The van der Waals surface area contributed by atoms with Crippen LogP contribution >= 0.6 is 0 Å². The molecular weight excluding hydrogens is 244 g/mol. The molecule has 0 spiro atoms. The second-order valence-corrected chi connectivity index (χ2v) is 4.82. The van der Waals surface area contributed by atoms with Gasteiger partial charge in [-0.05, 0) is 18.9 Å². The molecule has 0 aromatic heterocycles. The van der Waals surface area contributed by atoms with Crippen molar-refractivity contribution in [3.8, 4) is 11.5 Å². The van der Waals surface area contributed by atoms with E-state index in [-0.39, 0.29) is 17.4 Å². The van der Waals surface area contributed by atoms with Crippen LogP contribution in [0.25, 0.3) is 0 Å². The van der Waals surface area contributed by atoms with Gasteiger partial charge in [0.05, 0.1) is 12.7 Å². The number of benzene rings is 1. The SMILES string of the molecule is COc1cc(N)c(C(=O)N2CCCCCC2)cc1O. The number of nitrogen functional groups attached to an aromatic ring is 1. The standard InChI is InChI=1S/C14H20N2O3/c1-19-13-9-11(15)10(8-12(13)17)14(18)16-6-4-2-3-5-7-16/h8-9,17H,2-7,15H2,1H3. The largest absolute Gasteiger partial charge is 0.504 e. The van der Waals surface area contributed by atoms with E-state index < -0.39 is 0 Å². The molecule has 1 aromatic carbocycles. The maximum Gasteiger partial charge on any atom is 0.256 e. The van der Waals surface area contributed by atoms with Crippen LogP contribution in [0, 0.1) is 0 Å². The summed E-state index contributed by atoms with van der Waals surface area (Å²) in [4.78, 5) is 14.2. The lowest BCUT2D eigenvalue weighted by Gasteiger charge is -2.21. The Morgan fingerprint density at radius 3 is 2.47 bits per heavy atom. The highest BCUT2D eigenvalue weighted by Crippen LogP contribution is 2.31. The molecule has 2 rings (SSSR count). The number of ether oxygens (including phenoxy) is 1. The van der Waals surface area contributed by atoms with E-state index in [2.05, 4.69) is 0 Å². The average Bonchev–Trinajstić information content (AvgIpc) is 2.69. The molecule has 5 nitrogen and oxygen atoms in total. The third-order valence-electron chi connectivity index (χ3n) is 3.47. The number of aromatic hydroxyl groups is 1. The molecule has 1 saturated heterocycles. The molecule has 1 fully saturated rings. The van der Waals surface area contributed by atoms with E-state index in [0.29, 0.717) is 11.3 Å². The van der Waals surface area contributed by atoms with E-state index in [1.54, 1.807) is 0 Å². The molecule has 104 valence electrons. The maximum atomic E-state index is 12.4. The molecule has 0 saturated carbocycles. The summed E-state index contributed by atoms with van der Waals surface area (Å²) >= 11 is 0. The minimum Gasteiger partial charge on any atom is -0.504 e. The second kappa shape index (κ2) is 5.82. The van der Waals surface area contributed by atoms with Crippen LogP contribution in [0.1, 0.15) is 36.0 Å². The van der Waals surface area contributed by atoms with Gasteiger partial charge in [0.1, 0.15) is 0 Å². The van der Waals surface area contributed by atoms with Crippen LogP contribution in [-0.4, -0.2) is 36.1 Å². The van der Waals surface area contributed by atoms with Gasteiger partial charge in [-0.25, -0.2) is 0 Å². The van der Waals surface area contributed by atoms with Gasteiger partial charge in [-0.3, -0.25) is 4.79 Å². The number of hydrogen-bond donors (Lipinski definition) is 2. The number of phenols is 1. The lowest BCUT2D eigenvalue weighted by molar-refractivity contribution is 0.0762. The zero-order valence-electron chi connectivity index (χ0n) is 11.2. The fourth-order valence-corrected chi connectivity index (χ4v) is 2.38. The van der Waals surface area contributed by atoms with Gasteiger partial charge in [-0.15, -0.1) is 0 Å². The molecule has 1 aliphatic heterocycles. The summed E-state index contributed by atoms with van der Waals surface area (Å²) in [6.07, 6.45) is 4.36. The molecule has 1 heterocycles. The number of rotatable bonds is 2. The number of likely N-dealkylation sites (tertiary alicyclic amines) is 1. The molecule has 5 heteroatoms. The van der Waals surface area contributed by atoms with Gasteiger partial charge < -0.3 is 20.5 Å². The van der Waals surface area contributed by atoms with Crippen molar-refractivity contribution in [3.05, 3.63) is 17.7 Å². The smallest absolute Gasteiger partial charge is 0.256 e. The van der Waals surface area contributed by atoms with Gasteiger partial charge in [0.15, 0.2) is 11.5 Å². The van der Waals surface area contributed by atoms with E-state index in [0.717, 1.165) is 38.8 Å².